The number of H-pyrrole nitrogens is 1. The molecule has 0 saturated carbocycles. The summed E-state index contributed by atoms with van der Waals surface area (Å²) in [5, 5.41) is 11.4. The fourth-order valence-electron chi connectivity index (χ4n) is 5.33. The lowest BCUT2D eigenvalue weighted by molar-refractivity contribution is -0.116. The molecule has 1 aliphatic heterocycles. The standard InChI is InChI=1S/C32H34N2O7/c1-21-19-34(30(36)33-29(21)35)28-18-31(2,37)27(41-28)20-40-32(22-8-6-5-7-9-22,23-10-14-25(38-3)15-11-23)24-12-16-26(39-4)17-13-24/h5-17,19,27-28,37H,18,20H2,1-4H3,(H,33,35,36)/t27-,28-,31+/m1/s1. The maximum atomic E-state index is 12.6. The lowest BCUT2D eigenvalue weighted by Crippen LogP contribution is -2.42. The molecule has 214 valence electrons. The van der Waals surface area contributed by atoms with E-state index >= 15 is 0 Å². The Balaban J connectivity index is 1.57. The first-order chi connectivity index (χ1) is 19.7. The van der Waals surface area contributed by atoms with Crippen LogP contribution in [-0.4, -0.2) is 47.2 Å². The molecule has 2 heterocycles. The van der Waals surface area contributed by atoms with Gasteiger partial charge in [0.15, 0.2) is 0 Å². The molecule has 0 bridgehead atoms. The van der Waals surface area contributed by atoms with Crippen LogP contribution in [0.3, 0.4) is 0 Å². The van der Waals surface area contributed by atoms with Crippen LogP contribution in [0, 0.1) is 6.92 Å². The Morgan fingerprint density at radius 3 is 2.00 bits per heavy atom. The fourth-order valence-corrected chi connectivity index (χ4v) is 5.33. The van der Waals surface area contributed by atoms with Gasteiger partial charge in [-0.15, -0.1) is 0 Å². The van der Waals surface area contributed by atoms with Crippen molar-refractivity contribution >= 4 is 0 Å². The van der Waals surface area contributed by atoms with Gasteiger partial charge < -0.3 is 24.1 Å². The molecule has 5 rings (SSSR count). The molecule has 0 spiro atoms. The van der Waals surface area contributed by atoms with Crippen molar-refractivity contribution in [3.63, 3.8) is 0 Å². The Bertz CT molecular complexity index is 1550. The molecule has 2 N–H and O–H groups in total. The van der Waals surface area contributed by atoms with Crippen LogP contribution in [0.4, 0.5) is 0 Å². The first-order valence-corrected chi connectivity index (χ1v) is 13.4. The van der Waals surface area contributed by atoms with Gasteiger partial charge in [0.25, 0.3) is 5.56 Å². The number of hydrogen-bond acceptors (Lipinski definition) is 7. The third-order valence-corrected chi connectivity index (χ3v) is 7.68. The number of aromatic nitrogens is 2. The van der Waals surface area contributed by atoms with Crippen molar-refractivity contribution in [2.75, 3.05) is 20.8 Å². The minimum absolute atomic E-state index is 0.00641. The predicted octanol–water partition coefficient (Wildman–Crippen LogP) is 3.91. The van der Waals surface area contributed by atoms with Crippen LogP contribution in [0.2, 0.25) is 0 Å². The van der Waals surface area contributed by atoms with Crippen LogP contribution in [-0.2, 0) is 15.1 Å². The second-order valence-electron chi connectivity index (χ2n) is 10.4. The van der Waals surface area contributed by atoms with Crippen LogP contribution in [0.25, 0.3) is 0 Å². The molecule has 9 nitrogen and oxygen atoms in total. The largest absolute Gasteiger partial charge is 0.497 e. The van der Waals surface area contributed by atoms with Crippen molar-refractivity contribution in [2.45, 2.75) is 43.8 Å². The minimum Gasteiger partial charge on any atom is -0.497 e. The molecule has 1 fully saturated rings. The van der Waals surface area contributed by atoms with E-state index in [1.165, 1.54) is 10.8 Å². The molecule has 3 aromatic carbocycles. The first kappa shape index (κ1) is 28.4. The van der Waals surface area contributed by atoms with Gasteiger partial charge in [-0.3, -0.25) is 14.3 Å². The number of rotatable bonds is 9. The highest BCUT2D eigenvalue weighted by Crippen LogP contribution is 2.44. The van der Waals surface area contributed by atoms with Gasteiger partial charge >= 0.3 is 5.69 Å². The zero-order valence-corrected chi connectivity index (χ0v) is 23.5. The second kappa shape index (κ2) is 11.4. The molecule has 4 aromatic rings. The molecule has 0 unspecified atom stereocenters. The lowest BCUT2D eigenvalue weighted by atomic mass is 9.80. The highest BCUT2D eigenvalue weighted by molar-refractivity contribution is 5.49. The molecular weight excluding hydrogens is 524 g/mol. The van der Waals surface area contributed by atoms with Crippen molar-refractivity contribution in [3.8, 4) is 11.5 Å². The quantitative estimate of drug-likeness (QED) is 0.300. The van der Waals surface area contributed by atoms with Crippen molar-refractivity contribution in [1.29, 1.82) is 0 Å². The maximum absolute atomic E-state index is 12.6. The molecule has 41 heavy (non-hydrogen) atoms. The van der Waals surface area contributed by atoms with E-state index in [1.807, 2.05) is 78.9 Å². The van der Waals surface area contributed by atoms with Gasteiger partial charge in [0.1, 0.15) is 29.4 Å². The normalized spacial score (nSPS) is 20.6. The SMILES string of the molecule is COc1ccc(C(OC[C@H]2O[C@@H](n3cc(C)c(=O)[nH]c3=O)C[C@]2(C)O)(c2ccccc2)c2ccc(OC)cc2)cc1. The van der Waals surface area contributed by atoms with E-state index in [9.17, 15) is 14.7 Å². The van der Waals surface area contributed by atoms with Crippen molar-refractivity contribution in [3.05, 3.63) is 128 Å². The van der Waals surface area contributed by atoms with Crippen LogP contribution in [0.5, 0.6) is 11.5 Å². The van der Waals surface area contributed by atoms with E-state index in [1.54, 1.807) is 28.1 Å². The second-order valence-corrected chi connectivity index (χ2v) is 10.4. The molecule has 1 aliphatic rings. The molecule has 9 heteroatoms. The van der Waals surface area contributed by atoms with Gasteiger partial charge in [0.2, 0.25) is 0 Å². The highest BCUT2D eigenvalue weighted by atomic mass is 16.6. The smallest absolute Gasteiger partial charge is 0.330 e. The summed E-state index contributed by atoms with van der Waals surface area (Å²) in [6.07, 6.45) is 0.0187. The van der Waals surface area contributed by atoms with Gasteiger partial charge in [0, 0.05) is 18.2 Å². The number of hydrogen-bond donors (Lipinski definition) is 2. The average molecular weight is 559 g/mol. The van der Waals surface area contributed by atoms with Gasteiger partial charge in [-0.1, -0.05) is 54.6 Å². The zero-order valence-electron chi connectivity index (χ0n) is 23.5. The van der Waals surface area contributed by atoms with Gasteiger partial charge in [-0.2, -0.15) is 0 Å². The lowest BCUT2D eigenvalue weighted by Gasteiger charge is -2.38. The molecule has 0 radical (unpaired) electrons. The Hall–Kier alpha value is -4.18. The van der Waals surface area contributed by atoms with Crippen LogP contribution in [0.15, 0.2) is 94.6 Å². The minimum atomic E-state index is -1.32. The van der Waals surface area contributed by atoms with E-state index in [2.05, 4.69) is 4.98 Å². The third kappa shape index (κ3) is 5.44. The molecule has 3 atom stereocenters. The topological polar surface area (TPSA) is 112 Å². The Morgan fingerprint density at radius 2 is 1.46 bits per heavy atom. The highest BCUT2D eigenvalue weighted by Gasteiger charge is 2.47. The van der Waals surface area contributed by atoms with Crippen LogP contribution in [0.1, 0.15) is 41.8 Å². The van der Waals surface area contributed by atoms with Gasteiger partial charge in [0.05, 0.1) is 26.4 Å². The number of aliphatic hydroxyl groups is 1. The number of nitrogens with zero attached hydrogens (tertiary/aromatic N) is 1. The van der Waals surface area contributed by atoms with E-state index in [-0.39, 0.29) is 13.0 Å². The van der Waals surface area contributed by atoms with Gasteiger partial charge in [-0.05, 0) is 54.8 Å². The first-order valence-electron chi connectivity index (χ1n) is 13.4. The Kier molecular flexibility index (Phi) is 7.86. The Morgan fingerprint density at radius 1 is 0.927 bits per heavy atom. The van der Waals surface area contributed by atoms with E-state index < -0.39 is 34.8 Å². The summed E-state index contributed by atoms with van der Waals surface area (Å²) in [6, 6.07) is 25.2. The monoisotopic (exact) mass is 558 g/mol. The molecule has 1 aromatic heterocycles. The van der Waals surface area contributed by atoms with E-state index in [4.69, 9.17) is 18.9 Å². The number of aromatic amines is 1. The molecule has 0 amide bonds. The predicted molar refractivity (Wildman–Crippen MR) is 153 cm³/mol. The van der Waals surface area contributed by atoms with Crippen molar-refractivity contribution in [2.24, 2.45) is 0 Å². The molecule has 1 saturated heterocycles. The number of nitrogens with one attached hydrogen (secondary N) is 1. The zero-order chi connectivity index (χ0) is 29.2. The van der Waals surface area contributed by atoms with Crippen molar-refractivity contribution in [1.82, 2.24) is 9.55 Å². The summed E-state index contributed by atoms with van der Waals surface area (Å²) in [7, 11) is 3.23. The summed E-state index contributed by atoms with van der Waals surface area (Å²) in [5.74, 6) is 1.41. The molecule has 0 aliphatic carbocycles. The van der Waals surface area contributed by atoms with E-state index in [0.717, 1.165) is 16.7 Å². The summed E-state index contributed by atoms with van der Waals surface area (Å²) < 4.78 is 25.3. The van der Waals surface area contributed by atoms with E-state index in [0.29, 0.717) is 17.1 Å². The fraction of sp³-hybridized carbons (Fsp3) is 0.312. The maximum Gasteiger partial charge on any atom is 0.330 e. The average Bonchev–Trinajstić information content (AvgIpc) is 3.30. The Labute approximate surface area is 237 Å². The number of ether oxygens (including phenoxy) is 4. The van der Waals surface area contributed by atoms with Crippen LogP contribution >= 0.6 is 0 Å². The van der Waals surface area contributed by atoms with Gasteiger partial charge in [-0.25, -0.2) is 4.79 Å². The van der Waals surface area contributed by atoms with Crippen molar-refractivity contribution < 1.29 is 24.1 Å². The summed E-state index contributed by atoms with van der Waals surface area (Å²) >= 11 is 0. The summed E-state index contributed by atoms with van der Waals surface area (Å²) in [4.78, 5) is 26.8. The number of methoxy groups -OCH3 is 2. The number of aryl methyl sites for hydroxylation is 1. The summed E-state index contributed by atoms with van der Waals surface area (Å²) in [6.45, 7) is 3.27. The number of benzene rings is 3. The van der Waals surface area contributed by atoms with Crippen LogP contribution < -0.4 is 20.7 Å². The molecular formula is C32H34N2O7. The summed E-state index contributed by atoms with van der Waals surface area (Å²) in [5.41, 5.74) is -0.543. The third-order valence-electron chi connectivity index (χ3n) is 7.68.